The quantitative estimate of drug-likeness (QED) is 0.354. The van der Waals surface area contributed by atoms with E-state index >= 15 is 0 Å². The van der Waals surface area contributed by atoms with Crippen LogP contribution in [0.1, 0.15) is 36.8 Å². The minimum atomic E-state index is 0. The van der Waals surface area contributed by atoms with Crippen molar-refractivity contribution >= 4 is 29.9 Å². The lowest BCUT2D eigenvalue weighted by molar-refractivity contribution is 0.601. The van der Waals surface area contributed by atoms with Gasteiger partial charge in [0.05, 0.1) is 0 Å². The van der Waals surface area contributed by atoms with E-state index in [9.17, 15) is 0 Å². The molecule has 114 valence electrons. The Morgan fingerprint density at radius 2 is 2.00 bits per heavy atom. The topological polar surface area (TPSA) is 36.4 Å². The number of nitrogens with one attached hydrogen (secondary N) is 2. The van der Waals surface area contributed by atoms with Crippen molar-refractivity contribution in [2.75, 3.05) is 13.1 Å². The average Bonchev–Trinajstić information content (AvgIpc) is 2.93. The molecule has 1 aromatic rings. The van der Waals surface area contributed by atoms with Crippen molar-refractivity contribution in [3.8, 4) is 0 Å². The van der Waals surface area contributed by atoms with Crippen molar-refractivity contribution in [3.63, 3.8) is 0 Å². The van der Waals surface area contributed by atoms with Crippen LogP contribution in [0.15, 0.2) is 41.4 Å². The van der Waals surface area contributed by atoms with E-state index in [1.165, 1.54) is 17.5 Å². The lowest BCUT2D eigenvalue weighted by atomic mass is 9.78. The smallest absolute Gasteiger partial charge is 0.191 e. The Morgan fingerprint density at radius 1 is 1.24 bits per heavy atom. The van der Waals surface area contributed by atoms with Gasteiger partial charge < -0.3 is 10.6 Å². The second-order valence-electron chi connectivity index (χ2n) is 5.60. The van der Waals surface area contributed by atoms with E-state index in [0.29, 0.717) is 12.0 Å². The zero-order valence-corrected chi connectivity index (χ0v) is 14.8. The molecule has 0 fully saturated rings. The van der Waals surface area contributed by atoms with E-state index in [4.69, 9.17) is 4.99 Å². The Hall–Kier alpha value is -1.04. The maximum Gasteiger partial charge on any atom is 0.191 e. The molecule has 0 amide bonds. The number of benzene rings is 1. The fourth-order valence-electron chi connectivity index (χ4n) is 2.98. The van der Waals surface area contributed by atoms with Crippen molar-refractivity contribution < 1.29 is 0 Å². The van der Waals surface area contributed by atoms with Crippen LogP contribution in [0.5, 0.6) is 0 Å². The highest BCUT2D eigenvalue weighted by Crippen LogP contribution is 2.34. The van der Waals surface area contributed by atoms with Crippen molar-refractivity contribution in [2.45, 2.75) is 38.1 Å². The van der Waals surface area contributed by atoms with Gasteiger partial charge in [0, 0.05) is 25.0 Å². The molecule has 1 unspecified atom stereocenters. The molecule has 21 heavy (non-hydrogen) atoms. The Kier molecular flexibility index (Phi) is 6.08. The molecule has 0 aliphatic heterocycles. The maximum atomic E-state index is 4.76. The molecule has 3 rings (SSSR count). The first kappa shape index (κ1) is 16.3. The van der Waals surface area contributed by atoms with Crippen LogP contribution in [0.25, 0.3) is 0 Å². The van der Waals surface area contributed by atoms with Crippen LogP contribution in [-0.4, -0.2) is 25.1 Å². The van der Waals surface area contributed by atoms with Crippen LogP contribution in [0.2, 0.25) is 0 Å². The highest BCUT2D eigenvalue weighted by molar-refractivity contribution is 14.0. The van der Waals surface area contributed by atoms with E-state index in [2.05, 4.69) is 54.0 Å². The third-order valence-electron chi connectivity index (χ3n) is 4.12. The number of rotatable bonds is 4. The van der Waals surface area contributed by atoms with Crippen LogP contribution in [-0.2, 0) is 6.42 Å². The molecular formula is C17H24IN3. The van der Waals surface area contributed by atoms with Gasteiger partial charge in [-0.1, -0.05) is 36.4 Å². The monoisotopic (exact) mass is 397 g/mol. The molecule has 0 saturated carbocycles. The Balaban J connectivity index is 0.00000161. The number of hydrogen-bond donors (Lipinski definition) is 2. The van der Waals surface area contributed by atoms with Crippen molar-refractivity contribution in [1.82, 2.24) is 10.6 Å². The number of guanidine groups is 1. The molecule has 1 aromatic carbocycles. The molecular weight excluding hydrogens is 373 g/mol. The van der Waals surface area contributed by atoms with Gasteiger partial charge in [0.25, 0.3) is 0 Å². The zero-order valence-electron chi connectivity index (χ0n) is 12.5. The van der Waals surface area contributed by atoms with Crippen LogP contribution in [0.4, 0.5) is 0 Å². The zero-order chi connectivity index (χ0) is 13.8. The van der Waals surface area contributed by atoms with Crippen molar-refractivity contribution in [1.29, 1.82) is 0 Å². The molecule has 0 heterocycles. The van der Waals surface area contributed by atoms with Crippen LogP contribution >= 0.6 is 24.0 Å². The largest absolute Gasteiger partial charge is 0.357 e. The summed E-state index contributed by atoms with van der Waals surface area (Å²) in [5.74, 6) is 1.56. The summed E-state index contributed by atoms with van der Waals surface area (Å²) < 4.78 is 0. The lowest BCUT2D eigenvalue weighted by Crippen LogP contribution is -2.42. The van der Waals surface area contributed by atoms with Crippen LogP contribution in [0.3, 0.4) is 0 Å². The molecule has 2 aliphatic rings. The van der Waals surface area contributed by atoms with E-state index in [-0.39, 0.29) is 24.0 Å². The molecule has 4 heteroatoms. The van der Waals surface area contributed by atoms with E-state index < -0.39 is 0 Å². The van der Waals surface area contributed by atoms with Gasteiger partial charge >= 0.3 is 0 Å². The molecule has 2 N–H and O–H groups in total. The lowest BCUT2D eigenvalue weighted by Gasteiger charge is -2.29. The summed E-state index contributed by atoms with van der Waals surface area (Å²) in [7, 11) is 0. The molecule has 0 aromatic heterocycles. The third-order valence-corrected chi connectivity index (χ3v) is 4.12. The van der Waals surface area contributed by atoms with E-state index in [1.807, 2.05) is 0 Å². The summed E-state index contributed by atoms with van der Waals surface area (Å²) in [6.07, 6.45) is 7.87. The van der Waals surface area contributed by atoms with Gasteiger partial charge in [-0.25, -0.2) is 0 Å². The summed E-state index contributed by atoms with van der Waals surface area (Å²) in [4.78, 5) is 4.76. The van der Waals surface area contributed by atoms with Gasteiger partial charge in [-0.3, -0.25) is 4.99 Å². The molecule has 0 spiro atoms. The Bertz CT molecular complexity index is 517. The Labute approximate surface area is 144 Å². The van der Waals surface area contributed by atoms with Crippen molar-refractivity contribution in [3.05, 3.63) is 47.5 Å². The van der Waals surface area contributed by atoms with Crippen LogP contribution < -0.4 is 10.6 Å². The standard InChI is InChI=1S/C17H23N3.HI/c1-2-18-17(20-15-8-4-5-9-15)19-12-14-11-13-7-3-6-10-16(13)14;/h3-7,10,14-15H,2,8-9,11-12H2,1H3,(H2,18,19,20);1H. The second kappa shape index (κ2) is 7.82. The average molecular weight is 397 g/mol. The minimum absolute atomic E-state index is 0. The number of hydrogen-bond acceptors (Lipinski definition) is 1. The number of halogens is 1. The normalized spacial score (nSPS) is 20.4. The molecule has 0 radical (unpaired) electrons. The van der Waals surface area contributed by atoms with Gasteiger partial charge in [-0.2, -0.15) is 0 Å². The third kappa shape index (κ3) is 3.99. The first-order valence-corrected chi connectivity index (χ1v) is 7.64. The Morgan fingerprint density at radius 3 is 2.71 bits per heavy atom. The van der Waals surface area contributed by atoms with E-state index in [1.54, 1.807) is 0 Å². The highest BCUT2D eigenvalue weighted by Gasteiger charge is 2.25. The molecule has 0 saturated heterocycles. The number of aliphatic imine (C=N–C) groups is 1. The predicted molar refractivity (Wildman–Crippen MR) is 99.6 cm³/mol. The van der Waals surface area contributed by atoms with Gasteiger partial charge in [0.1, 0.15) is 0 Å². The summed E-state index contributed by atoms with van der Waals surface area (Å²) in [6.45, 7) is 3.91. The fraction of sp³-hybridized carbons (Fsp3) is 0.471. The SMILES string of the molecule is CCNC(=NCC1Cc2ccccc21)NC1CC=CC1.I. The minimum Gasteiger partial charge on any atom is -0.357 e. The molecule has 0 bridgehead atoms. The summed E-state index contributed by atoms with van der Waals surface area (Å²) >= 11 is 0. The highest BCUT2D eigenvalue weighted by atomic mass is 127. The number of nitrogens with zero attached hydrogens (tertiary/aromatic N) is 1. The van der Waals surface area contributed by atoms with Gasteiger partial charge in [0.15, 0.2) is 5.96 Å². The van der Waals surface area contributed by atoms with Gasteiger partial charge in [0.2, 0.25) is 0 Å². The first-order chi connectivity index (χ1) is 9.86. The predicted octanol–water partition coefficient (Wildman–Crippen LogP) is 3.22. The van der Waals surface area contributed by atoms with Crippen LogP contribution in [0, 0.1) is 0 Å². The summed E-state index contributed by atoms with van der Waals surface area (Å²) in [5, 5.41) is 6.87. The maximum absolute atomic E-state index is 4.76. The van der Waals surface area contributed by atoms with E-state index in [0.717, 1.165) is 31.9 Å². The molecule has 1 atom stereocenters. The second-order valence-corrected chi connectivity index (χ2v) is 5.60. The molecule has 2 aliphatic carbocycles. The summed E-state index contributed by atoms with van der Waals surface area (Å²) in [6, 6.07) is 9.23. The first-order valence-electron chi connectivity index (χ1n) is 7.64. The van der Waals surface area contributed by atoms with Crippen molar-refractivity contribution in [2.24, 2.45) is 4.99 Å². The fourth-order valence-corrected chi connectivity index (χ4v) is 2.98. The molecule has 3 nitrogen and oxygen atoms in total. The van der Waals surface area contributed by atoms with Gasteiger partial charge in [-0.15, -0.1) is 24.0 Å². The summed E-state index contributed by atoms with van der Waals surface area (Å²) in [5.41, 5.74) is 2.97. The number of fused-ring (bicyclic) bond motifs is 1. The van der Waals surface area contributed by atoms with Gasteiger partial charge in [-0.05, 0) is 37.3 Å².